The summed E-state index contributed by atoms with van der Waals surface area (Å²) in [6, 6.07) is 31.3. The SMILES string of the molecule is CC.CC.CC.CC.CC.CC.CC.CC.CC.CC(C)=C(C)C.CC(C)=C(C)C.CC[n+]1ccccc1.CCc1ccccc1.C[n+]1ccccc1.c1ccc2c(c1)CCCC2. The molecule has 2 aromatic heterocycles. The Bertz CT molecular complexity index is 1200. The van der Waals surface area contributed by atoms with Gasteiger partial charge in [-0.15, -0.1) is 0 Å². The summed E-state index contributed by atoms with van der Waals surface area (Å²) in [5.41, 5.74) is 10.3. The van der Waals surface area contributed by atoms with E-state index in [9.17, 15) is 0 Å². The third-order valence-electron chi connectivity index (χ3n) is 7.52. The third kappa shape index (κ3) is 73.0. The number of rotatable bonds is 2. The molecule has 0 atom stereocenters. The first-order chi connectivity index (χ1) is 30.5. The normalized spacial score (nSPS) is 8.27. The van der Waals surface area contributed by atoms with Gasteiger partial charge < -0.3 is 0 Å². The Kier molecular flexibility index (Phi) is 108. The van der Waals surface area contributed by atoms with Gasteiger partial charge in [0.15, 0.2) is 24.8 Å². The molecule has 0 saturated carbocycles. The van der Waals surface area contributed by atoms with Crippen molar-refractivity contribution in [3.05, 3.63) is 155 Å². The van der Waals surface area contributed by atoms with E-state index in [1.165, 1.54) is 53.5 Å². The van der Waals surface area contributed by atoms with Crippen molar-refractivity contribution in [2.75, 3.05) is 0 Å². The zero-order chi connectivity index (χ0) is 51.9. The van der Waals surface area contributed by atoms with E-state index < -0.39 is 0 Å². The summed E-state index contributed by atoms with van der Waals surface area (Å²) in [5, 5.41) is 0. The number of aryl methyl sites for hydroxylation is 5. The minimum atomic E-state index is 1.06. The second-order valence-corrected chi connectivity index (χ2v) is 12.1. The van der Waals surface area contributed by atoms with Crippen molar-refractivity contribution in [3.8, 4) is 0 Å². The van der Waals surface area contributed by atoms with Gasteiger partial charge in [0.25, 0.3) is 0 Å². The van der Waals surface area contributed by atoms with Gasteiger partial charge in [0.05, 0.1) is 0 Å². The first-order valence-corrected chi connectivity index (χ1v) is 25.7. The Labute approximate surface area is 401 Å². The fraction of sp³-hybridized carbons (Fsp3) is 0.574. The van der Waals surface area contributed by atoms with Crippen LogP contribution in [0.5, 0.6) is 0 Å². The molecule has 4 aromatic rings. The van der Waals surface area contributed by atoms with Gasteiger partial charge >= 0.3 is 0 Å². The molecular weight excluding hydrogens is 761 g/mol. The smallest absolute Gasteiger partial charge is 0.168 e. The molecule has 0 radical (unpaired) electrons. The molecule has 370 valence electrons. The molecule has 0 saturated heterocycles. The summed E-state index contributed by atoms with van der Waals surface area (Å²) in [4.78, 5) is 0. The Hall–Kier alpha value is -3.78. The highest BCUT2D eigenvalue weighted by Gasteiger charge is 2.06. The van der Waals surface area contributed by atoms with Crippen LogP contribution in [0.15, 0.2) is 138 Å². The third-order valence-corrected chi connectivity index (χ3v) is 7.52. The highest BCUT2D eigenvalue weighted by atomic mass is 14.9. The van der Waals surface area contributed by atoms with Crippen molar-refractivity contribution in [2.45, 2.75) is 233 Å². The molecule has 0 amide bonds. The largest absolute Gasteiger partial charge is 0.208 e. The van der Waals surface area contributed by atoms with Gasteiger partial charge in [0, 0.05) is 24.3 Å². The highest BCUT2D eigenvalue weighted by molar-refractivity contribution is 5.28. The van der Waals surface area contributed by atoms with Crippen LogP contribution in [0.25, 0.3) is 0 Å². The number of benzene rings is 2. The molecule has 1 aliphatic carbocycles. The van der Waals surface area contributed by atoms with Crippen LogP contribution < -0.4 is 9.13 Å². The number of aromatic nitrogens is 2. The summed E-state index contributed by atoms with van der Waals surface area (Å²) < 4.78 is 4.12. The van der Waals surface area contributed by atoms with Gasteiger partial charge in [-0.1, -0.05) is 221 Å². The number of allylic oxidation sites excluding steroid dienone is 4. The maximum Gasteiger partial charge on any atom is 0.168 e. The maximum atomic E-state index is 2.26. The van der Waals surface area contributed by atoms with Crippen LogP contribution in [0.2, 0.25) is 0 Å². The van der Waals surface area contributed by atoms with Crippen molar-refractivity contribution in [1.29, 1.82) is 0 Å². The van der Waals surface area contributed by atoms with Crippen molar-refractivity contribution < 1.29 is 9.13 Å². The Morgan fingerprint density at radius 1 is 0.365 bits per heavy atom. The summed E-state index contributed by atoms with van der Waals surface area (Å²) in [6.45, 7) is 58.3. The standard InChI is InChI=1S/C10H12.C8H10.C7H10N.C6H8N.2C6H12.9C2H6/c1-2-6-10-8-4-3-7-9(10)5-1;2*1-2-8-6-4-3-5-7-8;1-7-5-3-2-4-6-7;2*1-5(2)6(3)4;9*1-2/h1-2,5-6H,3-4,7-8H2;2*3-7H,2H2,1H3;2-6H,1H3;2*1-4H3;9*1-2H3/q;;2*+1;;;;;;;;;;;. The van der Waals surface area contributed by atoms with Gasteiger partial charge in [0.2, 0.25) is 0 Å². The number of fused-ring (bicyclic) bond motifs is 1. The van der Waals surface area contributed by atoms with Crippen molar-refractivity contribution in [2.24, 2.45) is 7.05 Å². The topological polar surface area (TPSA) is 7.76 Å². The fourth-order valence-corrected chi connectivity index (χ4v) is 3.52. The van der Waals surface area contributed by atoms with Crippen LogP contribution in [0, 0.1) is 0 Å². The van der Waals surface area contributed by atoms with E-state index in [1.54, 1.807) is 11.1 Å². The molecule has 0 unspecified atom stereocenters. The van der Waals surface area contributed by atoms with Crippen LogP contribution in [0.4, 0.5) is 0 Å². The fourth-order valence-electron chi connectivity index (χ4n) is 3.52. The predicted molar refractivity (Wildman–Crippen MR) is 300 cm³/mol. The number of pyridine rings is 2. The van der Waals surface area contributed by atoms with E-state index in [4.69, 9.17) is 0 Å². The zero-order valence-electron chi connectivity index (χ0n) is 48.6. The van der Waals surface area contributed by atoms with E-state index in [-0.39, 0.29) is 0 Å². The average molecular weight is 880 g/mol. The van der Waals surface area contributed by atoms with Gasteiger partial charge in [-0.3, -0.25) is 0 Å². The predicted octanol–water partition coefficient (Wildman–Crippen LogP) is 20.3. The molecule has 2 nitrogen and oxygen atoms in total. The monoisotopic (exact) mass is 879 g/mol. The summed E-state index contributed by atoms with van der Waals surface area (Å²) in [5.74, 6) is 0. The molecular formula is C61H118N2+2. The molecule has 2 aromatic carbocycles. The molecule has 63 heavy (non-hydrogen) atoms. The lowest BCUT2D eigenvalue weighted by Gasteiger charge is -2.13. The molecule has 0 spiro atoms. The summed E-state index contributed by atoms with van der Waals surface area (Å²) in [7, 11) is 2.00. The number of hydrogen-bond acceptors (Lipinski definition) is 0. The van der Waals surface area contributed by atoms with E-state index in [0.717, 1.165) is 13.0 Å². The molecule has 0 aliphatic heterocycles. The lowest BCUT2D eigenvalue weighted by molar-refractivity contribution is -0.693. The van der Waals surface area contributed by atoms with Gasteiger partial charge in [-0.05, 0) is 111 Å². The minimum Gasteiger partial charge on any atom is -0.208 e. The summed E-state index contributed by atoms with van der Waals surface area (Å²) >= 11 is 0. The highest BCUT2D eigenvalue weighted by Crippen LogP contribution is 2.19. The first kappa shape index (κ1) is 82.9. The molecule has 0 N–H and O–H groups in total. The van der Waals surface area contributed by atoms with Crippen LogP contribution in [0.1, 0.15) is 223 Å². The Morgan fingerprint density at radius 2 is 0.619 bits per heavy atom. The minimum absolute atomic E-state index is 1.06. The van der Waals surface area contributed by atoms with Crippen LogP contribution >= 0.6 is 0 Å². The first-order valence-electron chi connectivity index (χ1n) is 25.7. The maximum absolute atomic E-state index is 2.26. The molecule has 0 bridgehead atoms. The van der Waals surface area contributed by atoms with Gasteiger partial charge in [0.1, 0.15) is 13.6 Å². The molecule has 1 aliphatic rings. The van der Waals surface area contributed by atoms with Crippen LogP contribution in [0.3, 0.4) is 0 Å². The van der Waals surface area contributed by atoms with Gasteiger partial charge in [-0.2, -0.15) is 0 Å². The molecule has 5 rings (SSSR count). The zero-order valence-corrected chi connectivity index (χ0v) is 48.6. The Balaban J connectivity index is -0.0000000627. The average Bonchev–Trinajstić information content (AvgIpc) is 3.38. The molecule has 2 heterocycles. The van der Waals surface area contributed by atoms with E-state index in [2.05, 4.69) is 135 Å². The van der Waals surface area contributed by atoms with Crippen molar-refractivity contribution in [1.82, 2.24) is 0 Å². The second-order valence-electron chi connectivity index (χ2n) is 12.1. The summed E-state index contributed by atoms with van der Waals surface area (Å²) in [6.07, 6.45) is 14.6. The van der Waals surface area contributed by atoms with E-state index >= 15 is 0 Å². The second kappa shape index (κ2) is 82.0. The number of nitrogens with zero attached hydrogens (tertiary/aromatic N) is 2. The van der Waals surface area contributed by atoms with Crippen LogP contribution in [-0.4, -0.2) is 0 Å². The quantitative estimate of drug-likeness (QED) is 0.140. The van der Waals surface area contributed by atoms with E-state index in [0.29, 0.717) is 0 Å². The van der Waals surface area contributed by atoms with Crippen LogP contribution in [-0.2, 0) is 32.9 Å². The lowest BCUT2D eigenvalue weighted by Crippen LogP contribution is -2.30. The van der Waals surface area contributed by atoms with Gasteiger partial charge in [-0.25, -0.2) is 9.13 Å². The molecule has 0 fully saturated rings. The number of hydrogen-bond donors (Lipinski definition) is 0. The van der Waals surface area contributed by atoms with E-state index in [1.807, 2.05) is 191 Å². The molecule has 2 heteroatoms. The van der Waals surface area contributed by atoms with Crippen molar-refractivity contribution >= 4 is 0 Å². The Morgan fingerprint density at radius 3 is 0.810 bits per heavy atom. The van der Waals surface area contributed by atoms with Crippen molar-refractivity contribution in [3.63, 3.8) is 0 Å². The lowest BCUT2D eigenvalue weighted by atomic mass is 9.92.